The Balaban J connectivity index is 1.78. The van der Waals surface area contributed by atoms with E-state index >= 15 is 0 Å². The number of amides is 1. The van der Waals surface area contributed by atoms with Crippen LogP contribution >= 0.6 is 0 Å². The summed E-state index contributed by atoms with van der Waals surface area (Å²) in [6.45, 7) is 3.22. The second-order valence-electron chi connectivity index (χ2n) is 5.13. The molecule has 0 spiro atoms. The molecule has 15 heavy (non-hydrogen) atoms. The van der Waals surface area contributed by atoms with Crippen molar-refractivity contribution in [2.45, 2.75) is 57.5 Å². The van der Waals surface area contributed by atoms with Crippen LogP contribution in [0.4, 0.5) is 0 Å². The lowest BCUT2D eigenvalue weighted by molar-refractivity contribution is -0.124. The van der Waals surface area contributed by atoms with Gasteiger partial charge in [0.25, 0.3) is 0 Å². The predicted octanol–water partition coefficient (Wildman–Crippen LogP) is 1.43. The second-order valence-corrected chi connectivity index (χ2v) is 5.13. The molecule has 2 N–H and O–H groups in total. The van der Waals surface area contributed by atoms with E-state index in [1.165, 1.54) is 32.1 Å². The molecule has 0 bridgehead atoms. The number of carbonyl (C=O) groups is 1. The highest BCUT2D eigenvalue weighted by Gasteiger charge is 2.26. The largest absolute Gasteiger partial charge is 0.352 e. The van der Waals surface area contributed by atoms with Crippen molar-refractivity contribution < 1.29 is 4.79 Å². The minimum atomic E-state index is 0.0642. The van der Waals surface area contributed by atoms with Crippen molar-refractivity contribution in [3.05, 3.63) is 0 Å². The fourth-order valence-corrected chi connectivity index (χ4v) is 2.68. The van der Waals surface area contributed by atoms with Crippen LogP contribution in [0.25, 0.3) is 0 Å². The molecule has 1 saturated heterocycles. The first-order valence-electron chi connectivity index (χ1n) is 6.29. The van der Waals surface area contributed by atoms with Crippen LogP contribution in [0.3, 0.4) is 0 Å². The zero-order valence-corrected chi connectivity index (χ0v) is 9.59. The standard InChI is InChI=1S/C12H22N2O/c1-9-6-7-13-11(8-9)12(15)14-10-4-2-3-5-10/h9-11,13H,2-8H2,1H3,(H,14,15). The third-order valence-electron chi connectivity index (χ3n) is 3.68. The number of piperidine rings is 1. The number of carbonyl (C=O) groups excluding carboxylic acids is 1. The molecule has 1 heterocycles. The van der Waals surface area contributed by atoms with Gasteiger partial charge in [-0.3, -0.25) is 4.79 Å². The molecule has 1 saturated carbocycles. The first kappa shape index (κ1) is 10.9. The second kappa shape index (κ2) is 4.97. The zero-order valence-electron chi connectivity index (χ0n) is 9.59. The summed E-state index contributed by atoms with van der Waals surface area (Å²) in [6.07, 6.45) is 7.10. The van der Waals surface area contributed by atoms with E-state index in [2.05, 4.69) is 17.6 Å². The summed E-state index contributed by atoms with van der Waals surface area (Å²) in [5, 5.41) is 6.48. The molecule has 0 aromatic rings. The average molecular weight is 210 g/mol. The van der Waals surface area contributed by atoms with Crippen molar-refractivity contribution >= 4 is 5.91 Å². The highest BCUT2D eigenvalue weighted by molar-refractivity contribution is 5.82. The summed E-state index contributed by atoms with van der Waals surface area (Å²) in [7, 11) is 0. The molecule has 1 amide bonds. The lowest BCUT2D eigenvalue weighted by Crippen LogP contribution is -2.50. The van der Waals surface area contributed by atoms with Gasteiger partial charge in [-0.1, -0.05) is 19.8 Å². The summed E-state index contributed by atoms with van der Waals surface area (Å²) in [5.41, 5.74) is 0. The monoisotopic (exact) mass is 210 g/mol. The summed E-state index contributed by atoms with van der Waals surface area (Å²) in [4.78, 5) is 11.9. The summed E-state index contributed by atoms with van der Waals surface area (Å²) >= 11 is 0. The number of hydrogen-bond donors (Lipinski definition) is 2. The molecule has 2 aliphatic rings. The van der Waals surface area contributed by atoms with Gasteiger partial charge >= 0.3 is 0 Å². The van der Waals surface area contributed by atoms with Crippen LogP contribution in [0.2, 0.25) is 0 Å². The van der Waals surface area contributed by atoms with Crippen LogP contribution < -0.4 is 10.6 Å². The van der Waals surface area contributed by atoms with E-state index in [0.717, 1.165) is 13.0 Å². The number of hydrogen-bond acceptors (Lipinski definition) is 2. The zero-order chi connectivity index (χ0) is 10.7. The van der Waals surface area contributed by atoms with Crippen LogP contribution in [-0.2, 0) is 4.79 Å². The SMILES string of the molecule is CC1CCNC(C(=O)NC2CCCC2)C1. The first-order chi connectivity index (χ1) is 7.25. The Morgan fingerprint density at radius 3 is 2.67 bits per heavy atom. The summed E-state index contributed by atoms with van der Waals surface area (Å²) in [5.74, 6) is 0.916. The highest BCUT2D eigenvalue weighted by Crippen LogP contribution is 2.19. The molecule has 0 aromatic carbocycles. The van der Waals surface area contributed by atoms with Crippen molar-refractivity contribution in [1.29, 1.82) is 0 Å². The number of nitrogens with one attached hydrogen (secondary N) is 2. The molecule has 3 nitrogen and oxygen atoms in total. The predicted molar refractivity (Wildman–Crippen MR) is 60.6 cm³/mol. The first-order valence-corrected chi connectivity index (χ1v) is 6.29. The molecule has 86 valence electrons. The molecular formula is C12H22N2O. The molecule has 2 atom stereocenters. The van der Waals surface area contributed by atoms with Gasteiger partial charge in [0.15, 0.2) is 0 Å². The number of rotatable bonds is 2. The minimum Gasteiger partial charge on any atom is -0.352 e. The van der Waals surface area contributed by atoms with Gasteiger partial charge in [0, 0.05) is 6.04 Å². The molecule has 2 unspecified atom stereocenters. The van der Waals surface area contributed by atoms with Gasteiger partial charge in [0.05, 0.1) is 6.04 Å². The van der Waals surface area contributed by atoms with Gasteiger partial charge in [-0.05, 0) is 38.1 Å². The van der Waals surface area contributed by atoms with Gasteiger partial charge < -0.3 is 10.6 Å². The third kappa shape index (κ3) is 2.94. The molecule has 3 heteroatoms. The third-order valence-corrected chi connectivity index (χ3v) is 3.68. The van der Waals surface area contributed by atoms with Crippen molar-refractivity contribution in [1.82, 2.24) is 10.6 Å². The van der Waals surface area contributed by atoms with Gasteiger partial charge in [0.1, 0.15) is 0 Å². The van der Waals surface area contributed by atoms with Gasteiger partial charge in [-0.25, -0.2) is 0 Å². The van der Waals surface area contributed by atoms with E-state index in [1.807, 2.05) is 0 Å². The summed E-state index contributed by atoms with van der Waals surface area (Å²) < 4.78 is 0. The normalized spacial score (nSPS) is 32.9. The topological polar surface area (TPSA) is 41.1 Å². The van der Waals surface area contributed by atoms with E-state index in [1.54, 1.807) is 0 Å². The van der Waals surface area contributed by atoms with E-state index < -0.39 is 0 Å². The lowest BCUT2D eigenvalue weighted by atomic mass is 9.94. The quantitative estimate of drug-likeness (QED) is 0.724. The Morgan fingerprint density at radius 2 is 2.00 bits per heavy atom. The van der Waals surface area contributed by atoms with Gasteiger partial charge in [0.2, 0.25) is 5.91 Å². The highest BCUT2D eigenvalue weighted by atomic mass is 16.2. The maximum absolute atomic E-state index is 11.9. The van der Waals surface area contributed by atoms with Crippen LogP contribution in [0.15, 0.2) is 0 Å². The van der Waals surface area contributed by atoms with Gasteiger partial charge in [-0.2, -0.15) is 0 Å². The van der Waals surface area contributed by atoms with E-state index in [-0.39, 0.29) is 11.9 Å². The van der Waals surface area contributed by atoms with Crippen LogP contribution in [0.1, 0.15) is 45.4 Å². The van der Waals surface area contributed by atoms with Crippen LogP contribution in [0, 0.1) is 5.92 Å². The Kier molecular flexibility index (Phi) is 3.62. The maximum atomic E-state index is 11.9. The van der Waals surface area contributed by atoms with Crippen molar-refractivity contribution in [2.24, 2.45) is 5.92 Å². The molecule has 2 fully saturated rings. The lowest BCUT2D eigenvalue weighted by Gasteiger charge is -2.28. The van der Waals surface area contributed by atoms with Crippen LogP contribution in [-0.4, -0.2) is 24.5 Å². The van der Waals surface area contributed by atoms with Crippen molar-refractivity contribution in [3.63, 3.8) is 0 Å². The maximum Gasteiger partial charge on any atom is 0.237 e. The van der Waals surface area contributed by atoms with Crippen LogP contribution in [0.5, 0.6) is 0 Å². The minimum absolute atomic E-state index is 0.0642. The molecule has 0 radical (unpaired) electrons. The Morgan fingerprint density at radius 1 is 1.27 bits per heavy atom. The van der Waals surface area contributed by atoms with Gasteiger partial charge in [-0.15, -0.1) is 0 Å². The fraction of sp³-hybridized carbons (Fsp3) is 0.917. The Hall–Kier alpha value is -0.570. The molecule has 1 aliphatic carbocycles. The van der Waals surface area contributed by atoms with Crippen molar-refractivity contribution in [2.75, 3.05) is 6.54 Å². The van der Waals surface area contributed by atoms with Crippen molar-refractivity contribution in [3.8, 4) is 0 Å². The fourth-order valence-electron chi connectivity index (χ4n) is 2.68. The van der Waals surface area contributed by atoms with E-state index in [4.69, 9.17) is 0 Å². The Bertz CT molecular complexity index is 224. The average Bonchev–Trinajstić information content (AvgIpc) is 2.70. The molecule has 0 aromatic heterocycles. The summed E-state index contributed by atoms with van der Waals surface area (Å²) in [6, 6.07) is 0.519. The molecule has 2 rings (SSSR count). The smallest absolute Gasteiger partial charge is 0.237 e. The molecule has 1 aliphatic heterocycles. The van der Waals surface area contributed by atoms with E-state index in [9.17, 15) is 4.79 Å². The Labute approximate surface area is 92.0 Å². The van der Waals surface area contributed by atoms with E-state index in [0.29, 0.717) is 12.0 Å². The molecular weight excluding hydrogens is 188 g/mol.